The number of rotatable bonds is 2. The van der Waals surface area contributed by atoms with Crippen LogP contribution in [0.4, 0.5) is 4.39 Å². The molecular formula is C7H9FN2O. The van der Waals surface area contributed by atoms with E-state index in [1.807, 2.05) is 0 Å². The summed E-state index contributed by atoms with van der Waals surface area (Å²) < 4.78 is 12.0. The molecule has 0 unspecified atom stereocenters. The van der Waals surface area contributed by atoms with Crippen molar-refractivity contribution in [3.8, 4) is 0 Å². The minimum Gasteiger partial charge on any atom is -0.384 e. The fourth-order valence-corrected chi connectivity index (χ4v) is 1.05. The first-order valence-corrected chi connectivity index (χ1v) is 3.57. The van der Waals surface area contributed by atoms with E-state index in [4.69, 9.17) is 0 Å². The lowest BCUT2D eigenvalue weighted by Crippen LogP contribution is -2.04. The summed E-state index contributed by atoms with van der Waals surface area (Å²) in [6.07, 6.45) is 3.00. The first kappa shape index (κ1) is 6.79. The fraction of sp³-hybridized carbons (Fsp3) is 0.571. The number of aromatic nitrogens is 2. The van der Waals surface area contributed by atoms with E-state index in [1.54, 1.807) is 0 Å². The lowest BCUT2D eigenvalue weighted by Gasteiger charge is -2.01. The molecule has 4 heteroatoms. The van der Waals surface area contributed by atoms with Gasteiger partial charge in [0.15, 0.2) is 0 Å². The van der Waals surface area contributed by atoms with Crippen molar-refractivity contribution in [2.24, 2.45) is 0 Å². The van der Waals surface area contributed by atoms with Gasteiger partial charge >= 0.3 is 0 Å². The molecule has 2 rings (SSSR count). The second kappa shape index (κ2) is 2.04. The third-order valence-corrected chi connectivity index (χ3v) is 1.98. The van der Waals surface area contributed by atoms with Crippen molar-refractivity contribution < 1.29 is 9.50 Å². The molecule has 1 saturated carbocycles. The number of H-pyrrole nitrogens is 1. The second-order valence-corrected chi connectivity index (χ2v) is 2.91. The van der Waals surface area contributed by atoms with E-state index in [9.17, 15) is 9.50 Å². The molecule has 0 aromatic carbocycles. The number of alkyl halides is 1. The Balaban J connectivity index is 2.25. The van der Waals surface area contributed by atoms with E-state index in [-0.39, 0.29) is 0 Å². The maximum Gasteiger partial charge on any atom is 0.147 e. The first-order chi connectivity index (χ1) is 5.24. The number of halogens is 1. The zero-order valence-electron chi connectivity index (χ0n) is 5.97. The van der Waals surface area contributed by atoms with Gasteiger partial charge in [-0.25, -0.2) is 9.37 Å². The fourth-order valence-electron chi connectivity index (χ4n) is 1.05. The molecule has 3 nitrogen and oxygen atoms in total. The highest BCUT2D eigenvalue weighted by Gasteiger charge is 2.43. The SMILES string of the molecule is OC1(c2cnc(CF)[nH]2)CC1. The highest BCUT2D eigenvalue weighted by Crippen LogP contribution is 2.44. The third-order valence-electron chi connectivity index (χ3n) is 1.98. The van der Waals surface area contributed by atoms with Gasteiger partial charge in [0.1, 0.15) is 18.1 Å². The van der Waals surface area contributed by atoms with Crippen molar-refractivity contribution in [2.45, 2.75) is 25.1 Å². The zero-order valence-corrected chi connectivity index (χ0v) is 5.97. The van der Waals surface area contributed by atoms with Gasteiger partial charge in [-0.2, -0.15) is 0 Å². The Morgan fingerprint density at radius 1 is 1.73 bits per heavy atom. The number of aliphatic hydroxyl groups is 1. The predicted molar refractivity (Wildman–Crippen MR) is 36.5 cm³/mol. The molecular weight excluding hydrogens is 147 g/mol. The van der Waals surface area contributed by atoms with Crippen LogP contribution in [0.15, 0.2) is 6.20 Å². The molecule has 60 valence electrons. The molecule has 1 aromatic rings. The van der Waals surface area contributed by atoms with Gasteiger partial charge in [-0.3, -0.25) is 0 Å². The Morgan fingerprint density at radius 2 is 2.45 bits per heavy atom. The second-order valence-electron chi connectivity index (χ2n) is 2.91. The van der Waals surface area contributed by atoms with Crippen LogP contribution in [0, 0.1) is 0 Å². The maximum atomic E-state index is 12.0. The molecule has 1 fully saturated rings. The highest BCUT2D eigenvalue weighted by atomic mass is 19.1. The summed E-state index contributed by atoms with van der Waals surface area (Å²) in [5.41, 5.74) is -0.0781. The molecule has 0 atom stereocenters. The maximum absolute atomic E-state index is 12.0. The first-order valence-electron chi connectivity index (χ1n) is 3.57. The molecule has 2 N–H and O–H groups in total. The van der Waals surface area contributed by atoms with Gasteiger partial charge in [-0.15, -0.1) is 0 Å². The van der Waals surface area contributed by atoms with Crippen LogP contribution in [0.3, 0.4) is 0 Å². The normalized spacial score (nSPS) is 20.2. The predicted octanol–water partition coefficient (Wildman–Crippen LogP) is 0.861. The molecule has 1 aromatic heterocycles. The van der Waals surface area contributed by atoms with E-state index in [0.717, 1.165) is 12.8 Å². The Bertz CT molecular complexity index is 267. The van der Waals surface area contributed by atoms with E-state index < -0.39 is 12.3 Å². The van der Waals surface area contributed by atoms with Crippen LogP contribution in [0.25, 0.3) is 0 Å². The van der Waals surface area contributed by atoms with Crippen LogP contribution in [0.5, 0.6) is 0 Å². The summed E-state index contributed by atoms with van der Waals surface area (Å²) in [7, 11) is 0. The molecule has 11 heavy (non-hydrogen) atoms. The average molecular weight is 156 g/mol. The quantitative estimate of drug-likeness (QED) is 0.667. The molecule has 0 radical (unpaired) electrons. The Morgan fingerprint density at radius 3 is 2.91 bits per heavy atom. The molecule has 1 aliphatic rings. The van der Waals surface area contributed by atoms with E-state index in [1.165, 1.54) is 6.20 Å². The van der Waals surface area contributed by atoms with Gasteiger partial charge in [0.05, 0.1) is 11.9 Å². The summed E-state index contributed by atoms with van der Waals surface area (Å²) in [4.78, 5) is 6.48. The number of hydrogen-bond donors (Lipinski definition) is 2. The van der Waals surface area contributed by atoms with Crippen molar-refractivity contribution in [3.63, 3.8) is 0 Å². The van der Waals surface area contributed by atoms with Crippen molar-refractivity contribution in [1.82, 2.24) is 9.97 Å². The summed E-state index contributed by atoms with van der Waals surface area (Å²) in [6, 6.07) is 0. The van der Waals surface area contributed by atoms with Gasteiger partial charge in [-0.05, 0) is 12.8 Å². The number of aromatic amines is 1. The number of nitrogens with one attached hydrogen (secondary N) is 1. The Kier molecular flexibility index (Phi) is 1.26. The number of hydrogen-bond acceptors (Lipinski definition) is 2. The largest absolute Gasteiger partial charge is 0.384 e. The van der Waals surface area contributed by atoms with Crippen molar-refractivity contribution in [2.75, 3.05) is 0 Å². The van der Waals surface area contributed by atoms with Crippen molar-refractivity contribution in [3.05, 3.63) is 17.7 Å². The van der Waals surface area contributed by atoms with Crippen LogP contribution < -0.4 is 0 Å². The Hall–Kier alpha value is -0.900. The Labute approximate surface area is 63.3 Å². The molecule has 0 amide bonds. The smallest absolute Gasteiger partial charge is 0.147 e. The van der Waals surface area contributed by atoms with E-state index in [2.05, 4.69) is 9.97 Å². The summed E-state index contributed by atoms with van der Waals surface area (Å²) in [5.74, 6) is 0.292. The van der Waals surface area contributed by atoms with Gasteiger partial charge in [0, 0.05) is 0 Å². The number of imidazole rings is 1. The van der Waals surface area contributed by atoms with Crippen molar-refractivity contribution in [1.29, 1.82) is 0 Å². The monoisotopic (exact) mass is 156 g/mol. The van der Waals surface area contributed by atoms with Crippen LogP contribution in [0.2, 0.25) is 0 Å². The molecule has 1 heterocycles. The molecule has 0 spiro atoms. The summed E-state index contributed by atoms with van der Waals surface area (Å²) >= 11 is 0. The van der Waals surface area contributed by atoms with E-state index in [0.29, 0.717) is 11.5 Å². The van der Waals surface area contributed by atoms with Crippen LogP contribution >= 0.6 is 0 Å². The molecule has 0 bridgehead atoms. The minimum absolute atomic E-state index is 0.292. The number of nitrogens with zero attached hydrogens (tertiary/aromatic N) is 1. The third kappa shape index (κ3) is 1.03. The van der Waals surface area contributed by atoms with Gasteiger partial charge in [-0.1, -0.05) is 0 Å². The van der Waals surface area contributed by atoms with Crippen LogP contribution in [-0.2, 0) is 12.3 Å². The lowest BCUT2D eigenvalue weighted by molar-refractivity contribution is 0.147. The van der Waals surface area contributed by atoms with Crippen LogP contribution in [0.1, 0.15) is 24.4 Å². The standard InChI is InChI=1S/C7H9FN2O/c8-3-6-9-4-5(10-6)7(11)1-2-7/h4,11H,1-3H2,(H,9,10). The van der Waals surface area contributed by atoms with Crippen LogP contribution in [-0.4, -0.2) is 15.1 Å². The van der Waals surface area contributed by atoms with Gasteiger partial charge < -0.3 is 10.1 Å². The average Bonchev–Trinajstić information content (AvgIpc) is 2.61. The van der Waals surface area contributed by atoms with Gasteiger partial charge in [0.25, 0.3) is 0 Å². The van der Waals surface area contributed by atoms with Crippen molar-refractivity contribution >= 4 is 0 Å². The lowest BCUT2D eigenvalue weighted by atomic mass is 10.2. The van der Waals surface area contributed by atoms with E-state index >= 15 is 0 Å². The summed E-state index contributed by atoms with van der Waals surface area (Å²) in [5, 5.41) is 9.52. The highest BCUT2D eigenvalue weighted by molar-refractivity contribution is 5.17. The topological polar surface area (TPSA) is 48.9 Å². The zero-order chi connectivity index (χ0) is 7.90. The molecule has 0 aliphatic heterocycles. The molecule has 0 saturated heterocycles. The van der Waals surface area contributed by atoms with Gasteiger partial charge in [0.2, 0.25) is 0 Å². The molecule has 1 aliphatic carbocycles. The summed E-state index contributed by atoms with van der Waals surface area (Å²) in [6.45, 7) is -0.601. The minimum atomic E-state index is -0.722.